The van der Waals surface area contributed by atoms with Crippen molar-refractivity contribution in [2.24, 2.45) is 7.05 Å². The summed E-state index contributed by atoms with van der Waals surface area (Å²) in [6.07, 6.45) is 7.38. The molecular formula is C16H19NO. The first kappa shape index (κ1) is 11.5. The second-order valence-corrected chi connectivity index (χ2v) is 5.33. The summed E-state index contributed by atoms with van der Waals surface area (Å²) in [6, 6.07) is 8.39. The molecule has 2 nitrogen and oxygen atoms in total. The molecule has 0 bridgehead atoms. The molecule has 1 unspecified atom stereocenters. The molecule has 0 amide bonds. The molecule has 2 heteroatoms. The third kappa shape index (κ3) is 1.86. The van der Waals surface area contributed by atoms with Gasteiger partial charge in [0.15, 0.2) is 0 Å². The van der Waals surface area contributed by atoms with Gasteiger partial charge in [-0.15, -0.1) is 0 Å². The molecule has 0 saturated heterocycles. The highest BCUT2D eigenvalue weighted by Gasteiger charge is 2.25. The Bertz CT molecular complexity index is 582. The van der Waals surface area contributed by atoms with Crippen molar-refractivity contribution in [1.29, 1.82) is 0 Å². The van der Waals surface area contributed by atoms with Gasteiger partial charge in [-0.2, -0.15) is 0 Å². The van der Waals surface area contributed by atoms with Crippen molar-refractivity contribution >= 4 is 16.7 Å². The Morgan fingerprint density at radius 2 is 2.00 bits per heavy atom. The number of benzene rings is 1. The first-order valence-corrected chi connectivity index (χ1v) is 6.84. The molecule has 1 aromatic heterocycles. The normalized spacial score (nSPS) is 21.2. The van der Waals surface area contributed by atoms with Gasteiger partial charge in [-0.25, -0.2) is 0 Å². The first-order chi connectivity index (χ1) is 8.77. The molecule has 1 aromatic carbocycles. The van der Waals surface area contributed by atoms with Crippen molar-refractivity contribution in [3.8, 4) is 0 Å². The zero-order valence-electron chi connectivity index (χ0n) is 10.9. The predicted octanol–water partition coefficient (Wildman–Crippen LogP) is 3.80. The summed E-state index contributed by atoms with van der Waals surface area (Å²) in [4.78, 5) is 12.3. The summed E-state index contributed by atoms with van der Waals surface area (Å²) in [5.74, 6) is 0.558. The summed E-state index contributed by atoms with van der Waals surface area (Å²) in [5, 5.41) is 1.25. The van der Waals surface area contributed by atoms with Crippen molar-refractivity contribution < 1.29 is 4.79 Å². The summed E-state index contributed by atoms with van der Waals surface area (Å²) in [6.45, 7) is 0. The van der Waals surface area contributed by atoms with E-state index in [4.69, 9.17) is 0 Å². The van der Waals surface area contributed by atoms with Crippen LogP contribution in [-0.2, 0) is 11.8 Å². The van der Waals surface area contributed by atoms with Crippen LogP contribution in [0.3, 0.4) is 0 Å². The molecule has 1 saturated carbocycles. The molecule has 1 aliphatic rings. The van der Waals surface area contributed by atoms with Gasteiger partial charge in [0, 0.05) is 36.5 Å². The highest BCUT2D eigenvalue weighted by atomic mass is 16.1. The Morgan fingerprint density at radius 3 is 2.89 bits per heavy atom. The molecule has 18 heavy (non-hydrogen) atoms. The van der Waals surface area contributed by atoms with Crippen LogP contribution in [0.4, 0.5) is 0 Å². The highest BCUT2D eigenvalue weighted by Crippen LogP contribution is 2.34. The van der Waals surface area contributed by atoms with E-state index in [0.29, 0.717) is 5.78 Å². The number of hydrogen-bond acceptors (Lipinski definition) is 1. The standard InChI is InChI=1S/C16H19NO/c1-17-11-14(12-7-5-6-9-15(12)17)13-8-3-2-4-10-16(13)18/h5-7,9,11,13H,2-4,8,10H2,1H3. The zero-order valence-corrected chi connectivity index (χ0v) is 10.9. The van der Waals surface area contributed by atoms with Crippen LogP contribution < -0.4 is 0 Å². The van der Waals surface area contributed by atoms with E-state index in [2.05, 4.69) is 42.1 Å². The molecule has 1 fully saturated rings. The van der Waals surface area contributed by atoms with E-state index in [1.165, 1.54) is 29.3 Å². The number of aryl methyl sites for hydroxylation is 1. The predicted molar refractivity (Wildman–Crippen MR) is 73.8 cm³/mol. The average Bonchev–Trinajstić information content (AvgIpc) is 2.57. The molecular weight excluding hydrogens is 222 g/mol. The number of para-hydroxylation sites is 1. The van der Waals surface area contributed by atoms with Crippen LogP contribution in [-0.4, -0.2) is 10.4 Å². The lowest BCUT2D eigenvalue weighted by Gasteiger charge is -2.11. The maximum Gasteiger partial charge on any atom is 0.140 e. The van der Waals surface area contributed by atoms with Crippen LogP contribution in [0, 0.1) is 0 Å². The van der Waals surface area contributed by atoms with Crippen molar-refractivity contribution in [3.05, 3.63) is 36.0 Å². The van der Waals surface area contributed by atoms with Gasteiger partial charge in [-0.3, -0.25) is 4.79 Å². The van der Waals surface area contributed by atoms with E-state index >= 15 is 0 Å². The molecule has 1 heterocycles. The number of fused-ring (bicyclic) bond motifs is 1. The van der Waals surface area contributed by atoms with Crippen LogP contribution in [0.5, 0.6) is 0 Å². The Labute approximate surface area is 108 Å². The number of ketones is 1. The summed E-state index contributed by atoms with van der Waals surface area (Å²) >= 11 is 0. The fraction of sp³-hybridized carbons (Fsp3) is 0.438. The van der Waals surface area contributed by atoms with E-state index in [1.807, 2.05) is 0 Å². The Hall–Kier alpha value is -1.57. The van der Waals surface area contributed by atoms with E-state index in [1.54, 1.807) is 0 Å². The lowest BCUT2D eigenvalue weighted by atomic mass is 9.90. The minimum Gasteiger partial charge on any atom is -0.350 e. The fourth-order valence-electron chi connectivity index (χ4n) is 3.14. The molecule has 0 aliphatic heterocycles. The smallest absolute Gasteiger partial charge is 0.140 e. The fourth-order valence-corrected chi connectivity index (χ4v) is 3.14. The Balaban J connectivity index is 2.10. The minimum absolute atomic E-state index is 0.124. The number of Topliss-reactive ketones (excluding diaryl/α,β-unsaturated/α-hetero) is 1. The van der Waals surface area contributed by atoms with E-state index in [0.717, 1.165) is 19.3 Å². The van der Waals surface area contributed by atoms with Gasteiger partial charge in [-0.05, 0) is 24.5 Å². The van der Waals surface area contributed by atoms with Crippen molar-refractivity contribution in [1.82, 2.24) is 4.57 Å². The monoisotopic (exact) mass is 241 g/mol. The van der Waals surface area contributed by atoms with Gasteiger partial charge in [0.05, 0.1) is 0 Å². The van der Waals surface area contributed by atoms with Gasteiger partial charge in [0.2, 0.25) is 0 Å². The lowest BCUT2D eigenvalue weighted by molar-refractivity contribution is -0.120. The van der Waals surface area contributed by atoms with Crippen LogP contribution in [0.1, 0.15) is 43.6 Å². The van der Waals surface area contributed by atoms with Crippen LogP contribution in [0.25, 0.3) is 10.9 Å². The topological polar surface area (TPSA) is 22.0 Å². The van der Waals surface area contributed by atoms with Crippen LogP contribution >= 0.6 is 0 Å². The van der Waals surface area contributed by atoms with E-state index in [9.17, 15) is 4.79 Å². The quantitative estimate of drug-likeness (QED) is 0.696. The van der Waals surface area contributed by atoms with Crippen molar-refractivity contribution in [2.75, 3.05) is 0 Å². The number of carbonyl (C=O) groups is 1. The summed E-state index contributed by atoms with van der Waals surface area (Å²) in [5.41, 5.74) is 2.46. The molecule has 94 valence electrons. The Morgan fingerprint density at radius 1 is 1.17 bits per heavy atom. The second kappa shape index (κ2) is 4.60. The zero-order chi connectivity index (χ0) is 12.5. The highest BCUT2D eigenvalue weighted by molar-refractivity contribution is 5.93. The summed E-state index contributed by atoms with van der Waals surface area (Å²) < 4.78 is 2.14. The van der Waals surface area contributed by atoms with Crippen molar-refractivity contribution in [3.63, 3.8) is 0 Å². The molecule has 0 radical (unpaired) electrons. The third-order valence-electron chi connectivity index (χ3n) is 4.11. The van der Waals surface area contributed by atoms with Gasteiger partial charge in [-0.1, -0.05) is 31.0 Å². The molecule has 0 N–H and O–H groups in total. The third-order valence-corrected chi connectivity index (χ3v) is 4.11. The number of carbonyl (C=O) groups excluding carboxylic acids is 1. The second-order valence-electron chi connectivity index (χ2n) is 5.33. The van der Waals surface area contributed by atoms with Gasteiger partial charge >= 0.3 is 0 Å². The largest absolute Gasteiger partial charge is 0.350 e. The van der Waals surface area contributed by atoms with Crippen LogP contribution in [0.15, 0.2) is 30.5 Å². The van der Waals surface area contributed by atoms with Gasteiger partial charge in [0.1, 0.15) is 5.78 Å². The molecule has 1 aliphatic carbocycles. The Kier molecular flexibility index (Phi) is 2.94. The number of hydrogen-bond donors (Lipinski definition) is 0. The average molecular weight is 241 g/mol. The molecule has 0 spiro atoms. The van der Waals surface area contributed by atoms with Gasteiger partial charge < -0.3 is 4.57 Å². The number of aromatic nitrogens is 1. The molecule has 1 atom stereocenters. The maximum absolute atomic E-state index is 12.3. The first-order valence-electron chi connectivity index (χ1n) is 6.84. The number of rotatable bonds is 1. The van der Waals surface area contributed by atoms with Crippen LogP contribution in [0.2, 0.25) is 0 Å². The van der Waals surface area contributed by atoms with Crippen molar-refractivity contribution in [2.45, 2.75) is 38.0 Å². The number of nitrogens with zero attached hydrogens (tertiary/aromatic N) is 1. The van der Waals surface area contributed by atoms with Gasteiger partial charge in [0.25, 0.3) is 0 Å². The van der Waals surface area contributed by atoms with E-state index in [-0.39, 0.29) is 5.92 Å². The maximum atomic E-state index is 12.3. The van der Waals surface area contributed by atoms with E-state index < -0.39 is 0 Å². The molecule has 3 rings (SSSR count). The SMILES string of the molecule is Cn1cc(C2CCCCCC2=O)c2ccccc21. The minimum atomic E-state index is 0.124. The summed E-state index contributed by atoms with van der Waals surface area (Å²) in [7, 11) is 2.06. The lowest BCUT2D eigenvalue weighted by Crippen LogP contribution is -2.10. The molecule has 2 aromatic rings.